The maximum Gasteiger partial charge on any atom is 0.328 e. The molecule has 0 unspecified atom stereocenters. The number of rotatable bonds is 8. The molecule has 1 aliphatic heterocycles. The van der Waals surface area contributed by atoms with Crippen LogP contribution in [0.4, 0.5) is 20.7 Å². The quantitative estimate of drug-likeness (QED) is 0.440. The number of urea groups is 1. The van der Waals surface area contributed by atoms with E-state index in [0.717, 1.165) is 24.1 Å². The number of amides is 4. The molecule has 3 N–H and O–H groups in total. The van der Waals surface area contributed by atoms with Gasteiger partial charge in [-0.2, -0.15) is 5.10 Å². The van der Waals surface area contributed by atoms with Gasteiger partial charge in [0.15, 0.2) is 5.82 Å². The Bertz CT molecular complexity index is 1290. The van der Waals surface area contributed by atoms with Gasteiger partial charge in [0.25, 0.3) is 0 Å². The molecule has 9 nitrogen and oxygen atoms in total. The van der Waals surface area contributed by atoms with Gasteiger partial charge < -0.3 is 10.1 Å². The predicted molar refractivity (Wildman–Crippen MR) is 130 cm³/mol. The highest BCUT2D eigenvalue weighted by atomic mass is 19.1. The van der Waals surface area contributed by atoms with Crippen molar-refractivity contribution in [3.63, 3.8) is 0 Å². The van der Waals surface area contributed by atoms with Crippen molar-refractivity contribution in [1.29, 1.82) is 0 Å². The van der Waals surface area contributed by atoms with Crippen LogP contribution >= 0.6 is 0 Å². The van der Waals surface area contributed by atoms with Gasteiger partial charge in [0.05, 0.1) is 6.42 Å². The first-order chi connectivity index (χ1) is 17.4. The van der Waals surface area contributed by atoms with E-state index in [4.69, 9.17) is 4.74 Å². The first kappa shape index (κ1) is 23.5. The minimum atomic E-state index is -0.564. The monoisotopic (exact) mass is 491 g/mol. The minimum absolute atomic E-state index is 0.000878. The Labute approximate surface area is 207 Å². The molecule has 1 saturated heterocycles. The van der Waals surface area contributed by atoms with Crippen molar-refractivity contribution < 1.29 is 23.5 Å². The molecule has 5 rings (SSSR count). The fourth-order valence-electron chi connectivity index (χ4n) is 4.20. The van der Waals surface area contributed by atoms with Gasteiger partial charge in [-0.3, -0.25) is 24.9 Å². The Hall–Kier alpha value is -4.21. The number of H-pyrrole nitrogens is 1. The van der Waals surface area contributed by atoms with E-state index < -0.39 is 11.8 Å². The molecule has 2 heterocycles. The number of nitrogens with one attached hydrogen (secondary N) is 3. The number of benzene rings is 2. The van der Waals surface area contributed by atoms with E-state index in [1.165, 1.54) is 17.4 Å². The number of nitrogens with zero attached hydrogens (tertiary/aromatic N) is 2. The molecule has 0 radical (unpaired) electrons. The summed E-state index contributed by atoms with van der Waals surface area (Å²) in [5, 5.41) is 12.2. The van der Waals surface area contributed by atoms with E-state index >= 15 is 0 Å². The summed E-state index contributed by atoms with van der Waals surface area (Å²) in [6, 6.07) is 12.8. The third kappa shape index (κ3) is 5.37. The first-order valence-corrected chi connectivity index (χ1v) is 11.9. The van der Waals surface area contributed by atoms with Crippen LogP contribution in [0.2, 0.25) is 0 Å². The fourth-order valence-corrected chi connectivity index (χ4v) is 4.20. The number of carbonyl (C=O) groups excluding carboxylic acids is 3. The molecule has 1 saturated carbocycles. The highest BCUT2D eigenvalue weighted by Crippen LogP contribution is 2.35. The summed E-state index contributed by atoms with van der Waals surface area (Å²) >= 11 is 0. The molecule has 0 spiro atoms. The van der Waals surface area contributed by atoms with Crippen LogP contribution in [0.3, 0.4) is 0 Å². The van der Waals surface area contributed by atoms with E-state index in [-0.39, 0.29) is 37.8 Å². The van der Waals surface area contributed by atoms with Crippen LogP contribution in [0.15, 0.2) is 48.5 Å². The largest absolute Gasteiger partial charge is 0.489 e. The zero-order valence-electron chi connectivity index (χ0n) is 19.6. The van der Waals surface area contributed by atoms with E-state index in [1.54, 1.807) is 36.4 Å². The third-order valence-corrected chi connectivity index (χ3v) is 6.49. The van der Waals surface area contributed by atoms with Crippen LogP contribution in [0, 0.1) is 5.82 Å². The van der Waals surface area contributed by atoms with Crippen LogP contribution < -0.4 is 20.3 Å². The molecule has 36 heavy (non-hydrogen) atoms. The van der Waals surface area contributed by atoms with Gasteiger partial charge in [-0.15, -0.1) is 0 Å². The lowest BCUT2D eigenvalue weighted by molar-refractivity contribution is -0.120. The van der Waals surface area contributed by atoms with Crippen molar-refractivity contribution in [3.8, 4) is 5.75 Å². The average Bonchev–Trinajstić information content (AvgIpc) is 3.25. The molecule has 0 atom stereocenters. The normalized spacial score (nSPS) is 15.9. The lowest BCUT2D eigenvalue weighted by atomic mass is 9.83. The van der Waals surface area contributed by atoms with Crippen molar-refractivity contribution in [2.75, 3.05) is 16.8 Å². The van der Waals surface area contributed by atoms with Crippen LogP contribution in [0.5, 0.6) is 5.75 Å². The predicted octanol–water partition coefficient (Wildman–Crippen LogP) is 4.02. The number of carbonyl (C=O) groups is 3. The molecule has 1 aromatic heterocycles. The van der Waals surface area contributed by atoms with Crippen molar-refractivity contribution in [2.24, 2.45) is 0 Å². The number of anilines is 2. The van der Waals surface area contributed by atoms with Crippen molar-refractivity contribution >= 4 is 29.4 Å². The lowest BCUT2D eigenvalue weighted by Gasteiger charge is -2.26. The summed E-state index contributed by atoms with van der Waals surface area (Å²) < 4.78 is 20.3. The maximum absolute atomic E-state index is 14.6. The zero-order valence-corrected chi connectivity index (χ0v) is 19.6. The van der Waals surface area contributed by atoms with Gasteiger partial charge in [0, 0.05) is 41.9 Å². The second-order valence-electron chi connectivity index (χ2n) is 9.02. The maximum atomic E-state index is 14.6. The lowest BCUT2D eigenvalue weighted by Crippen LogP contribution is -2.49. The molecule has 186 valence electrons. The number of aromatic amines is 1. The zero-order chi connectivity index (χ0) is 25.1. The fraction of sp³-hybridized carbons (Fsp3) is 0.308. The van der Waals surface area contributed by atoms with E-state index in [9.17, 15) is 18.8 Å². The van der Waals surface area contributed by atoms with Crippen LogP contribution in [0.25, 0.3) is 0 Å². The highest BCUT2D eigenvalue weighted by molar-refractivity contribution is 6.05. The minimum Gasteiger partial charge on any atom is -0.489 e. The average molecular weight is 492 g/mol. The number of hydrogen-bond acceptors (Lipinski definition) is 5. The third-order valence-electron chi connectivity index (χ3n) is 6.49. The van der Waals surface area contributed by atoms with Crippen molar-refractivity contribution in [2.45, 2.75) is 44.6 Å². The summed E-state index contributed by atoms with van der Waals surface area (Å²) in [6.45, 7) is 0.201. The summed E-state index contributed by atoms with van der Waals surface area (Å²) in [5.74, 6) is 0.570. The molecular formula is C26H26FN5O4. The van der Waals surface area contributed by atoms with Crippen molar-refractivity contribution in [1.82, 2.24) is 15.5 Å². The van der Waals surface area contributed by atoms with Gasteiger partial charge in [-0.1, -0.05) is 24.6 Å². The first-order valence-electron chi connectivity index (χ1n) is 11.9. The number of imide groups is 1. The Balaban J connectivity index is 1.12. The van der Waals surface area contributed by atoms with Gasteiger partial charge in [0.2, 0.25) is 11.8 Å². The van der Waals surface area contributed by atoms with Gasteiger partial charge in [0.1, 0.15) is 18.2 Å². The van der Waals surface area contributed by atoms with Crippen LogP contribution in [0.1, 0.15) is 48.4 Å². The Morgan fingerprint density at radius 1 is 1.14 bits per heavy atom. The summed E-state index contributed by atoms with van der Waals surface area (Å²) in [7, 11) is 0. The SMILES string of the molecule is O=C1CCN(c2ccc(COc3ccc(CC(=O)Nc4cc(C5CCC5)[nH]n4)cc3)c(F)c2)C(=O)N1. The topological polar surface area (TPSA) is 116 Å². The molecule has 2 fully saturated rings. The number of aromatic nitrogens is 2. The van der Waals surface area contributed by atoms with Crippen LogP contribution in [-0.4, -0.2) is 34.6 Å². The van der Waals surface area contributed by atoms with E-state index in [0.29, 0.717) is 28.7 Å². The van der Waals surface area contributed by atoms with Crippen molar-refractivity contribution in [3.05, 3.63) is 71.2 Å². The highest BCUT2D eigenvalue weighted by Gasteiger charge is 2.25. The smallest absolute Gasteiger partial charge is 0.328 e. The molecule has 4 amide bonds. The van der Waals surface area contributed by atoms with Crippen LogP contribution in [-0.2, 0) is 22.6 Å². The molecular weight excluding hydrogens is 465 g/mol. The molecule has 3 aromatic rings. The number of ether oxygens (including phenoxy) is 1. The second-order valence-corrected chi connectivity index (χ2v) is 9.02. The van der Waals surface area contributed by atoms with Gasteiger partial charge in [-0.05, 0) is 42.7 Å². The Morgan fingerprint density at radius 3 is 2.64 bits per heavy atom. The summed E-state index contributed by atoms with van der Waals surface area (Å²) in [6.07, 6.45) is 3.90. The molecule has 2 aliphatic rings. The molecule has 10 heteroatoms. The van der Waals surface area contributed by atoms with Gasteiger partial charge >= 0.3 is 6.03 Å². The number of halogens is 1. The van der Waals surface area contributed by atoms with E-state index in [1.807, 2.05) is 6.07 Å². The van der Waals surface area contributed by atoms with Gasteiger partial charge in [-0.25, -0.2) is 9.18 Å². The van der Waals surface area contributed by atoms with E-state index in [2.05, 4.69) is 20.8 Å². The molecule has 1 aliphatic carbocycles. The summed E-state index contributed by atoms with van der Waals surface area (Å²) in [5.41, 5.74) is 2.58. The summed E-state index contributed by atoms with van der Waals surface area (Å²) in [4.78, 5) is 36.9. The standard InChI is InChI=1S/C26H26FN5O4/c27-21-13-19(32-11-10-24(33)29-26(32)35)7-6-18(21)15-36-20-8-4-16(5-9-20)12-25(34)28-23-14-22(30-31-23)17-2-1-3-17/h4-9,13-14,17H,1-3,10-12,15H2,(H,29,33,35)(H2,28,30,31,34). The molecule has 0 bridgehead atoms. The number of hydrogen-bond donors (Lipinski definition) is 3. The second kappa shape index (κ2) is 10.2. The Morgan fingerprint density at radius 2 is 1.94 bits per heavy atom. The molecule has 2 aromatic carbocycles. The Kier molecular flexibility index (Phi) is 6.66.